The number of nitro groups is 1. The Kier molecular flexibility index (Phi) is 4.46. The van der Waals surface area contributed by atoms with Crippen molar-refractivity contribution in [2.24, 2.45) is 0 Å². The number of para-hydroxylation sites is 1. The molecule has 0 fully saturated rings. The SMILES string of the molecule is Cc1cccc(C(=O)Nc2cccc(S(C)(=O)=O)c2)c1[N+](=O)[O-]. The maximum atomic E-state index is 12.3. The van der Waals surface area contributed by atoms with Gasteiger partial charge in [-0.1, -0.05) is 18.2 Å². The van der Waals surface area contributed by atoms with Crippen molar-refractivity contribution >= 4 is 27.1 Å². The summed E-state index contributed by atoms with van der Waals surface area (Å²) in [6.07, 6.45) is 1.05. The molecule has 2 rings (SSSR count). The first-order valence-corrected chi connectivity index (χ1v) is 8.45. The molecule has 8 heteroatoms. The normalized spacial score (nSPS) is 11.0. The molecule has 0 spiro atoms. The van der Waals surface area contributed by atoms with Crippen LogP contribution < -0.4 is 5.32 Å². The van der Waals surface area contributed by atoms with Crippen LogP contribution in [0.5, 0.6) is 0 Å². The van der Waals surface area contributed by atoms with E-state index in [1.165, 1.54) is 30.3 Å². The fourth-order valence-electron chi connectivity index (χ4n) is 2.09. The molecular weight excluding hydrogens is 320 g/mol. The number of hydrogen-bond acceptors (Lipinski definition) is 5. The summed E-state index contributed by atoms with van der Waals surface area (Å²) in [7, 11) is -3.41. The molecule has 0 unspecified atom stereocenters. The van der Waals surface area contributed by atoms with Gasteiger partial charge in [-0.2, -0.15) is 0 Å². The molecule has 0 saturated heterocycles. The molecule has 120 valence electrons. The Labute approximate surface area is 133 Å². The lowest BCUT2D eigenvalue weighted by Crippen LogP contribution is -2.15. The van der Waals surface area contributed by atoms with Crippen LogP contribution in [0.15, 0.2) is 47.4 Å². The molecule has 0 heterocycles. The Morgan fingerprint density at radius 3 is 2.43 bits per heavy atom. The van der Waals surface area contributed by atoms with Gasteiger partial charge in [0.2, 0.25) is 0 Å². The van der Waals surface area contributed by atoms with Crippen LogP contribution in [0.2, 0.25) is 0 Å². The zero-order chi connectivity index (χ0) is 17.2. The van der Waals surface area contributed by atoms with Crippen LogP contribution in [0.4, 0.5) is 11.4 Å². The predicted molar refractivity (Wildman–Crippen MR) is 85.3 cm³/mol. The van der Waals surface area contributed by atoms with Crippen molar-refractivity contribution in [3.8, 4) is 0 Å². The number of hydrogen-bond donors (Lipinski definition) is 1. The van der Waals surface area contributed by atoms with Gasteiger partial charge in [-0.3, -0.25) is 14.9 Å². The lowest BCUT2D eigenvalue weighted by Gasteiger charge is -2.08. The highest BCUT2D eigenvalue weighted by Crippen LogP contribution is 2.24. The van der Waals surface area contributed by atoms with Crippen LogP contribution >= 0.6 is 0 Å². The van der Waals surface area contributed by atoms with Gasteiger partial charge in [0, 0.05) is 17.5 Å². The van der Waals surface area contributed by atoms with Crippen LogP contribution in [-0.2, 0) is 9.84 Å². The first-order chi connectivity index (χ1) is 10.7. The molecule has 1 N–H and O–H groups in total. The van der Waals surface area contributed by atoms with Crippen LogP contribution in [0.25, 0.3) is 0 Å². The molecule has 0 radical (unpaired) electrons. The van der Waals surface area contributed by atoms with Crippen LogP contribution in [0.3, 0.4) is 0 Å². The van der Waals surface area contributed by atoms with E-state index < -0.39 is 20.7 Å². The molecule has 0 aliphatic heterocycles. The van der Waals surface area contributed by atoms with Crippen LogP contribution in [-0.4, -0.2) is 25.5 Å². The molecule has 0 aliphatic rings. The van der Waals surface area contributed by atoms with E-state index in [0.29, 0.717) is 5.56 Å². The van der Waals surface area contributed by atoms with Crippen molar-refractivity contribution in [3.63, 3.8) is 0 Å². The highest BCUT2D eigenvalue weighted by molar-refractivity contribution is 7.90. The zero-order valence-electron chi connectivity index (χ0n) is 12.4. The fourth-order valence-corrected chi connectivity index (χ4v) is 2.75. The van der Waals surface area contributed by atoms with Gasteiger partial charge in [-0.05, 0) is 31.2 Å². The smallest absolute Gasteiger partial charge is 0.285 e. The van der Waals surface area contributed by atoms with Crippen molar-refractivity contribution in [1.82, 2.24) is 0 Å². The second-order valence-corrected chi connectivity index (χ2v) is 7.00. The number of carbonyl (C=O) groups is 1. The minimum Gasteiger partial charge on any atom is -0.322 e. The van der Waals surface area contributed by atoms with Gasteiger partial charge in [-0.15, -0.1) is 0 Å². The number of nitro benzene ring substituents is 1. The van der Waals surface area contributed by atoms with E-state index in [-0.39, 0.29) is 21.8 Å². The van der Waals surface area contributed by atoms with E-state index in [4.69, 9.17) is 0 Å². The molecule has 0 aromatic heterocycles. The molecular formula is C15H14N2O5S. The van der Waals surface area contributed by atoms with E-state index in [1.807, 2.05) is 0 Å². The van der Waals surface area contributed by atoms with E-state index in [1.54, 1.807) is 19.1 Å². The van der Waals surface area contributed by atoms with Gasteiger partial charge in [0.15, 0.2) is 9.84 Å². The average molecular weight is 334 g/mol. The van der Waals surface area contributed by atoms with Gasteiger partial charge in [-0.25, -0.2) is 8.42 Å². The number of nitrogens with zero attached hydrogens (tertiary/aromatic N) is 1. The lowest BCUT2D eigenvalue weighted by atomic mass is 10.1. The molecule has 23 heavy (non-hydrogen) atoms. The summed E-state index contributed by atoms with van der Waals surface area (Å²) in [6, 6.07) is 10.1. The second-order valence-electron chi connectivity index (χ2n) is 4.98. The van der Waals surface area contributed by atoms with Gasteiger partial charge < -0.3 is 5.32 Å². The van der Waals surface area contributed by atoms with Crippen LogP contribution in [0, 0.1) is 17.0 Å². The zero-order valence-corrected chi connectivity index (χ0v) is 13.3. The quantitative estimate of drug-likeness (QED) is 0.683. The molecule has 0 bridgehead atoms. The summed E-state index contributed by atoms with van der Waals surface area (Å²) in [4.78, 5) is 22.9. The third kappa shape index (κ3) is 3.72. The van der Waals surface area contributed by atoms with Gasteiger partial charge >= 0.3 is 0 Å². The summed E-state index contributed by atoms with van der Waals surface area (Å²) in [6.45, 7) is 1.54. The largest absolute Gasteiger partial charge is 0.322 e. The Hall–Kier alpha value is -2.74. The lowest BCUT2D eigenvalue weighted by molar-refractivity contribution is -0.385. The van der Waals surface area contributed by atoms with Gasteiger partial charge in [0.25, 0.3) is 11.6 Å². The molecule has 7 nitrogen and oxygen atoms in total. The number of amides is 1. The monoisotopic (exact) mass is 334 g/mol. The van der Waals surface area contributed by atoms with Gasteiger partial charge in [0.1, 0.15) is 5.56 Å². The van der Waals surface area contributed by atoms with E-state index >= 15 is 0 Å². The van der Waals surface area contributed by atoms with E-state index in [2.05, 4.69) is 5.32 Å². The number of aryl methyl sites for hydroxylation is 1. The van der Waals surface area contributed by atoms with Gasteiger partial charge in [0.05, 0.1) is 9.82 Å². The Morgan fingerprint density at radius 2 is 1.83 bits per heavy atom. The van der Waals surface area contributed by atoms with E-state index in [9.17, 15) is 23.3 Å². The fraction of sp³-hybridized carbons (Fsp3) is 0.133. The molecule has 0 atom stereocenters. The standard InChI is InChI=1S/C15H14N2O5S/c1-10-5-3-8-13(14(10)17(19)20)15(18)16-11-6-4-7-12(9-11)23(2,21)22/h3-9H,1-2H3,(H,16,18). The number of benzene rings is 2. The number of nitrogens with one attached hydrogen (secondary N) is 1. The first kappa shape index (κ1) is 16.6. The third-order valence-electron chi connectivity index (χ3n) is 3.19. The third-order valence-corrected chi connectivity index (χ3v) is 4.30. The number of anilines is 1. The molecule has 1 amide bonds. The summed E-state index contributed by atoms with van der Waals surface area (Å²) >= 11 is 0. The van der Waals surface area contributed by atoms with E-state index in [0.717, 1.165) is 6.26 Å². The minimum absolute atomic E-state index is 0.0500. The van der Waals surface area contributed by atoms with Crippen molar-refractivity contribution in [2.75, 3.05) is 11.6 Å². The maximum absolute atomic E-state index is 12.3. The molecule has 2 aromatic rings. The summed E-state index contributed by atoms with van der Waals surface area (Å²) in [5, 5.41) is 13.6. The van der Waals surface area contributed by atoms with Crippen molar-refractivity contribution < 1.29 is 18.1 Å². The van der Waals surface area contributed by atoms with Crippen molar-refractivity contribution in [1.29, 1.82) is 0 Å². The number of sulfone groups is 1. The Balaban J connectivity index is 2.38. The topological polar surface area (TPSA) is 106 Å². The number of rotatable bonds is 4. The minimum atomic E-state index is -3.41. The summed E-state index contributed by atoms with van der Waals surface area (Å²) < 4.78 is 23.1. The molecule has 0 saturated carbocycles. The average Bonchev–Trinajstić information content (AvgIpc) is 2.46. The molecule has 0 aliphatic carbocycles. The summed E-state index contributed by atoms with van der Waals surface area (Å²) in [5.74, 6) is -0.675. The second kappa shape index (κ2) is 6.17. The first-order valence-electron chi connectivity index (χ1n) is 6.55. The Bertz CT molecular complexity index is 890. The predicted octanol–water partition coefficient (Wildman–Crippen LogP) is 2.56. The highest BCUT2D eigenvalue weighted by atomic mass is 32.2. The van der Waals surface area contributed by atoms with Crippen molar-refractivity contribution in [3.05, 3.63) is 63.7 Å². The summed E-state index contributed by atoms with van der Waals surface area (Å²) in [5.41, 5.74) is 0.255. The molecule has 2 aromatic carbocycles. The highest BCUT2D eigenvalue weighted by Gasteiger charge is 2.22. The Morgan fingerprint density at radius 1 is 1.17 bits per heavy atom. The van der Waals surface area contributed by atoms with Crippen LogP contribution in [0.1, 0.15) is 15.9 Å². The van der Waals surface area contributed by atoms with Crippen molar-refractivity contribution in [2.45, 2.75) is 11.8 Å². The number of carbonyl (C=O) groups excluding carboxylic acids is 1. The maximum Gasteiger partial charge on any atom is 0.285 e.